The van der Waals surface area contributed by atoms with Crippen molar-refractivity contribution in [2.75, 3.05) is 19.6 Å². The molecule has 0 radical (unpaired) electrons. The number of hydrogen-bond donors (Lipinski definition) is 2. The van der Waals surface area contributed by atoms with Gasteiger partial charge in [0.1, 0.15) is 5.54 Å². The van der Waals surface area contributed by atoms with Crippen molar-refractivity contribution in [2.45, 2.75) is 45.1 Å². The Morgan fingerprint density at radius 3 is 2.68 bits per heavy atom. The van der Waals surface area contributed by atoms with Crippen molar-refractivity contribution in [1.29, 1.82) is 0 Å². The van der Waals surface area contributed by atoms with Crippen molar-refractivity contribution in [3.63, 3.8) is 0 Å². The van der Waals surface area contributed by atoms with Crippen LogP contribution in [0, 0.1) is 11.8 Å². The van der Waals surface area contributed by atoms with Gasteiger partial charge in [0.2, 0.25) is 5.91 Å². The van der Waals surface area contributed by atoms with Gasteiger partial charge in [0.05, 0.1) is 5.92 Å². The van der Waals surface area contributed by atoms with E-state index in [4.69, 9.17) is 0 Å². The van der Waals surface area contributed by atoms with E-state index in [1.165, 1.54) is 0 Å². The standard InChI is InChI=1S/C14H24N2O3/c1-3-5-14(13(18)19)6-4-7-16(14)12(17)11-9-15-8-10(11)2/h10-11,15H,3-9H2,1-2H3,(H,18,19)/t10-,11-,14?/m1/s1. The zero-order valence-electron chi connectivity index (χ0n) is 11.8. The fourth-order valence-corrected chi connectivity index (χ4v) is 3.54. The maximum atomic E-state index is 12.7. The molecule has 2 saturated heterocycles. The zero-order valence-corrected chi connectivity index (χ0v) is 11.8. The summed E-state index contributed by atoms with van der Waals surface area (Å²) < 4.78 is 0. The largest absolute Gasteiger partial charge is 0.479 e. The number of likely N-dealkylation sites (tertiary alicyclic amines) is 1. The van der Waals surface area contributed by atoms with Crippen LogP contribution in [0.2, 0.25) is 0 Å². The van der Waals surface area contributed by atoms with Gasteiger partial charge in [-0.3, -0.25) is 4.79 Å². The monoisotopic (exact) mass is 268 g/mol. The highest BCUT2D eigenvalue weighted by Crippen LogP contribution is 2.36. The molecule has 2 N–H and O–H groups in total. The predicted molar refractivity (Wildman–Crippen MR) is 71.7 cm³/mol. The normalized spacial score (nSPS) is 34.7. The van der Waals surface area contributed by atoms with Gasteiger partial charge in [-0.2, -0.15) is 0 Å². The van der Waals surface area contributed by atoms with Gasteiger partial charge >= 0.3 is 5.97 Å². The van der Waals surface area contributed by atoms with Crippen molar-refractivity contribution in [3.8, 4) is 0 Å². The number of amides is 1. The summed E-state index contributed by atoms with van der Waals surface area (Å²) >= 11 is 0. The predicted octanol–water partition coefficient (Wildman–Crippen LogP) is 1.09. The minimum absolute atomic E-state index is 0.0332. The molecule has 19 heavy (non-hydrogen) atoms. The van der Waals surface area contributed by atoms with Crippen molar-refractivity contribution >= 4 is 11.9 Å². The Morgan fingerprint density at radius 2 is 2.16 bits per heavy atom. The molecule has 2 aliphatic heterocycles. The number of hydrogen-bond acceptors (Lipinski definition) is 3. The first kappa shape index (κ1) is 14.3. The number of rotatable bonds is 4. The molecule has 1 unspecified atom stereocenters. The van der Waals surface area contributed by atoms with Gasteiger partial charge in [0.15, 0.2) is 0 Å². The van der Waals surface area contributed by atoms with Crippen LogP contribution in [0.1, 0.15) is 39.5 Å². The summed E-state index contributed by atoms with van der Waals surface area (Å²) in [5.41, 5.74) is -0.950. The van der Waals surface area contributed by atoms with Crippen LogP contribution in [0.15, 0.2) is 0 Å². The molecule has 2 fully saturated rings. The second-order valence-electron chi connectivity index (χ2n) is 5.92. The number of carbonyl (C=O) groups is 2. The summed E-state index contributed by atoms with van der Waals surface area (Å²) in [5, 5.41) is 12.8. The summed E-state index contributed by atoms with van der Waals surface area (Å²) in [4.78, 5) is 26.1. The van der Waals surface area contributed by atoms with Crippen LogP contribution in [0.4, 0.5) is 0 Å². The van der Waals surface area contributed by atoms with Gasteiger partial charge in [-0.05, 0) is 31.7 Å². The summed E-state index contributed by atoms with van der Waals surface area (Å²) in [6.07, 6.45) is 2.74. The highest BCUT2D eigenvalue weighted by molar-refractivity contribution is 5.89. The van der Waals surface area contributed by atoms with Gasteiger partial charge in [0.25, 0.3) is 0 Å². The first-order chi connectivity index (χ1) is 9.03. The number of carboxylic acid groups (broad SMARTS) is 1. The SMILES string of the molecule is CCCC1(C(=O)O)CCCN1C(=O)[C@@H]1CNC[C@H]1C. The Bertz CT molecular complexity index is 372. The minimum atomic E-state index is -0.950. The van der Waals surface area contributed by atoms with Gasteiger partial charge in [-0.25, -0.2) is 4.79 Å². The van der Waals surface area contributed by atoms with Gasteiger partial charge < -0.3 is 15.3 Å². The number of nitrogens with one attached hydrogen (secondary N) is 1. The van der Waals surface area contributed by atoms with Crippen LogP contribution in [0.3, 0.4) is 0 Å². The molecule has 2 rings (SSSR count). The lowest BCUT2D eigenvalue weighted by Gasteiger charge is -2.36. The Morgan fingerprint density at radius 1 is 1.42 bits per heavy atom. The Kier molecular flexibility index (Phi) is 4.13. The topological polar surface area (TPSA) is 69.6 Å². The average molecular weight is 268 g/mol. The van der Waals surface area contributed by atoms with E-state index in [2.05, 4.69) is 12.2 Å². The third-order valence-electron chi connectivity index (χ3n) is 4.65. The van der Waals surface area contributed by atoms with E-state index >= 15 is 0 Å². The van der Waals surface area contributed by atoms with Crippen LogP contribution in [-0.2, 0) is 9.59 Å². The van der Waals surface area contributed by atoms with Crippen LogP contribution in [0.25, 0.3) is 0 Å². The van der Waals surface area contributed by atoms with Gasteiger partial charge in [-0.1, -0.05) is 20.3 Å². The Labute approximate surface area is 114 Å². The maximum absolute atomic E-state index is 12.7. The molecular weight excluding hydrogens is 244 g/mol. The lowest BCUT2D eigenvalue weighted by Crippen LogP contribution is -2.55. The van der Waals surface area contributed by atoms with Crippen molar-refractivity contribution in [1.82, 2.24) is 10.2 Å². The third-order valence-corrected chi connectivity index (χ3v) is 4.65. The summed E-state index contributed by atoms with van der Waals surface area (Å²) in [7, 11) is 0. The summed E-state index contributed by atoms with van der Waals surface area (Å²) in [5.74, 6) is -0.570. The van der Waals surface area contributed by atoms with E-state index in [9.17, 15) is 14.7 Å². The van der Waals surface area contributed by atoms with Gasteiger partial charge in [-0.15, -0.1) is 0 Å². The molecule has 2 heterocycles. The van der Waals surface area contributed by atoms with E-state index < -0.39 is 11.5 Å². The van der Waals surface area contributed by atoms with E-state index in [0.29, 0.717) is 31.8 Å². The molecule has 0 aliphatic carbocycles. The molecule has 0 aromatic heterocycles. The third kappa shape index (κ3) is 2.36. The molecule has 3 atom stereocenters. The first-order valence-corrected chi connectivity index (χ1v) is 7.28. The molecule has 0 bridgehead atoms. The molecule has 0 saturated carbocycles. The van der Waals surface area contributed by atoms with E-state index in [1.54, 1.807) is 4.90 Å². The fourth-order valence-electron chi connectivity index (χ4n) is 3.54. The molecule has 0 spiro atoms. The van der Waals surface area contributed by atoms with Crippen LogP contribution < -0.4 is 5.32 Å². The van der Waals surface area contributed by atoms with Crippen LogP contribution >= 0.6 is 0 Å². The summed E-state index contributed by atoms with van der Waals surface area (Å²) in [6, 6.07) is 0. The van der Waals surface area contributed by atoms with E-state index in [-0.39, 0.29) is 11.8 Å². The Hall–Kier alpha value is -1.10. The van der Waals surface area contributed by atoms with E-state index in [0.717, 1.165) is 19.4 Å². The highest BCUT2D eigenvalue weighted by Gasteiger charge is 2.51. The number of carbonyl (C=O) groups excluding carboxylic acids is 1. The fraction of sp³-hybridized carbons (Fsp3) is 0.857. The first-order valence-electron chi connectivity index (χ1n) is 7.28. The smallest absolute Gasteiger partial charge is 0.329 e. The maximum Gasteiger partial charge on any atom is 0.329 e. The van der Waals surface area contributed by atoms with Crippen LogP contribution in [0.5, 0.6) is 0 Å². The summed E-state index contributed by atoms with van der Waals surface area (Å²) in [6.45, 7) is 6.15. The molecular formula is C14H24N2O3. The zero-order chi connectivity index (χ0) is 14.0. The highest BCUT2D eigenvalue weighted by atomic mass is 16.4. The number of aliphatic carboxylic acids is 1. The minimum Gasteiger partial charge on any atom is -0.479 e. The lowest BCUT2D eigenvalue weighted by atomic mass is 9.88. The van der Waals surface area contributed by atoms with Crippen molar-refractivity contribution < 1.29 is 14.7 Å². The average Bonchev–Trinajstić information content (AvgIpc) is 2.96. The Balaban J connectivity index is 2.21. The lowest BCUT2D eigenvalue weighted by molar-refractivity contribution is -0.159. The second kappa shape index (κ2) is 5.49. The molecule has 1 amide bonds. The molecule has 0 aromatic rings. The van der Waals surface area contributed by atoms with Crippen molar-refractivity contribution in [2.24, 2.45) is 11.8 Å². The molecule has 2 aliphatic rings. The van der Waals surface area contributed by atoms with Crippen molar-refractivity contribution in [3.05, 3.63) is 0 Å². The van der Waals surface area contributed by atoms with E-state index in [1.807, 2.05) is 6.92 Å². The molecule has 5 heteroatoms. The second-order valence-corrected chi connectivity index (χ2v) is 5.92. The molecule has 0 aromatic carbocycles. The molecule has 108 valence electrons. The number of carboxylic acids is 1. The quantitative estimate of drug-likeness (QED) is 0.800. The number of nitrogens with zero attached hydrogens (tertiary/aromatic N) is 1. The van der Waals surface area contributed by atoms with Gasteiger partial charge in [0, 0.05) is 13.1 Å². The molecule has 5 nitrogen and oxygen atoms in total. The van der Waals surface area contributed by atoms with Crippen LogP contribution in [-0.4, -0.2) is 47.1 Å².